The normalized spacial score (nSPS) is 16.9. The van der Waals surface area contributed by atoms with Crippen LogP contribution in [0, 0.1) is 0 Å². The van der Waals surface area contributed by atoms with E-state index in [1.807, 2.05) is 0 Å². The minimum atomic E-state index is -1.02. The zero-order valence-electron chi connectivity index (χ0n) is 10.6. The predicted molar refractivity (Wildman–Crippen MR) is 78.5 cm³/mol. The number of carboxylic acid groups (broad SMARTS) is 1. The summed E-state index contributed by atoms with van der Waals surface area (Å²) in [6.45, 7) is 0. The zero-order valence-corrected chi connectivity index (χ0v) is 12.1. The maximum Gasteiger partial charge on any atom is 0.335 e. The summed E-state index contributed by atoms with van der Waals surface area (Å²) in [7, 11) is 0. The average Bonchev–Trinajstić information content (AvgIpc) is 2.61. The molecule has 19 heavy (non-hydrogen) atoms. The van der Waals surface area contributed by atoms with E-state index in [1.54, 1.807) is 0 Å². The number of carbonyl (C=O) groups is 1. The lowest BCUT2D eigenvalue weighted by Gasteiger charge is -2.20. The molecule has 2 rings (SSSR count). The van der Waals surface area contributed by atoms with E-state index in [4.69, 9.17) is 28.3 Å². The number of aromatic carboxylic acids is 1. The Morgan fingerprint density at radius 1 is 1.11 bits per heavy atom. The highest BCUT2D eigenvalue weighted by molar-refractivity contribution is 6.39. The van der Waals surface area contributed by atoms with Crippen molar-refractivity contribution < 1.29 is 9.90 Å². The predicted octanol–water partition coefficient (Wildman–Crippen LogP) is 4.83. The van der Waals surface area contributed by atoms with E-state index in [9.17, 15) is 4.79 Å². The number of halogens is 2. The summed E-state index contributed by atoms with van der Waals surface area (Å²) >= 11 is 12.3. The van der Waals surface area contributed by atoms with E-state index in [0.29, 0.717) is 21.8 Å². The number of carboxylic acids is 1. The van der Waals surface area contributed by atoms with Crippen molar-refractivity contribution in [1.29, 1.82) is 0 Å². The molecule has 3 nitrogen and oxygen atoms in total. The van der Waals surface area contributed by atoms with Crippen LogP contribution in [0.25, 0.3) is 0 Å². The van der Waals surface area contributed by atoms with Gasteiger partial charge in [-0.15, -0.1) is 0 Å². The van der Waals surface area contributed by atoms with E-state index < -0.39 is 5.97 Å². The molecular formula is C14H17Cl2NO2. The molecular weight excluding hydrogens is 285 g/mol. The SMILES string of the molecule is O=C(O)c1cc(Cl)c(NC2CCCCCC2)c(Cl)c1. The van der Waals surface area contributed by atoms with Crippen LogP contribution in [0.1, 0.15) is 48.9 Å². The van der Waals surface area contributed by atoms with Gasteiger partial charge in [-0.05, 0) is 25.0 Å². The molecule has 0 heterocycles. The smallest absolute Gasteiger partial charge is 0.335 e. The van der Waals surface area contributed by atoms with Crippen molar-refractivity contribution in [2.24, 2.45) is 0 Å². The molecule has 0 saturated heterocycles. The molecule has 0 amide bonds. The van der Waals surface area contributed by atoms with Gasteiger partial charge in [0.05, 0.1) is 21.3 Å². The fraction of sp³-hybridized carbons (Fsp3) is 0.500. The second-order valence-electron chi connectivity index (χ2n) is 4.95. The molecule has 0 aliphatic heterocycles. The fourth-order valence-electron chi connectivity index (χ4n) is 2.46. The van der Waals surface area contributed by atoms with Crippen molar-refractivity contribution in [3.63, 3.8) is 0 Å². The van der Waals surface area contributed by atoms with Crippen LogP contribution in [-0.4, -0.2) is 17.1 Å². The van der Waals surface area contributed by atoms with E-state index >= 15 is 0 Å². The van der Waals surface area contributed by atoms with Gasteiger partial charge in [-0.3, -0.25) is 0 Å². The number of nitrogens with one attached hydrogen (secondary N) is 1. The first-order valence-electron chi connectivity index (χ1n) is 6.57. The first kappa shape index (κ1) is 14.5. The molecule has 5 heteroatoms. The van der Waals surface area contributed by atoms with Gasteiger partial charge in [-0.2, -0.15) is 0 Å². The van der Waals surface area contributed by atoms with Crippen LogP contribution in [0.5, 0.6) is 0 Å². The van der Waals surface area contributed by atoms with Gasteiger partial charge in [-0.1, -0.05) is 48.9 Å². The topological polar surface area (TPSA) is 49.3 Å². The highest BCUT2D eigenvalue weighted by Crippen LogP contribution is 2.34. The zero-order chi connectivity index (χ0) is 13.8. The van der Waals surface area contributed by atoms with Gasteiger partial charge in [0.2, 0.25) is 0 Å². The van der Waals surface area contributed by atoms with Gasteiger partial charge in [0.15, 0.2) is 0 Å². The van der Waals surface area contributed by atoms with Crippen LogP contribution in [0.15, 0.2) is 12.1 Å². The van der Waals surface area contributed by atoms with Crippen LogP contribution in [0.4, 0.5) is 5.69 Å². The van der Waals surface area contributed by atoms with Gasteiger partial charge >= 0.3 is 5.97 Å². The third kappa shape index (κ3) is 3.77. The number of benzene rings is 1. The Morgan fingerprint density at radius 2 is 1.63 bits per heavy atom. The van der Waals surface area contributed by atoms with Gasteiger partial charge in [-0.25, -0.2) is 4.79 Å². The lowest BCUT2D eigenvalue weighted by Crippen LogP contribution is -2.19. The molecule has 0 radical (unpaired) electrons. The molecule has 0 spiro atoms. The first-order valence-corrected chi connectivity index (χ1v) is 7.32. The fourth-order valence-corrected chi connectivity index (χ4v) is 3.06. The summed E-state index contributed by atoms with van der Waals surface area (Å²) in [4.78, 5) is 10.9. The maximum atomic E-state index is 10.9. The van der Waals surface area contributed by atoms with E-state index in [0.717, 1.165) is 12.8 Å². The quantitative estimate of drug-likeness (QED) is 0.786. The molecule has 104 valence electrons. The number of anilines is 1. The Morgan fingerprint density at radius 3 is 2.11 bits per heavy atom. The summed E-state index contributed by atoms with van der Waals surface area (Å²) < 4.78 is 0. The van der Waals surface area contributed by atoms with E-state index in [-0.39, 0.29) is 5.56 Å². The van der Waals surface area contributed by atoms with Crippen molar-refractivity contribution in [3.8, 4) is 0 Å². The van der Waals surface area contributed by atoms with Crippen LogP contribution in [0.3, 0.4) is 0 Å². The van der Waals surface area contributed by atoms with Crippen LogP contribution < -0.4 is 5.32 Å². The van der Waals surface area contributed by atoms with Crippen molar-refractivity contribution in [2.75, 3.05) is 5.32 Å². The monoisotopic (exact) mass is 301 g/mol. The Bertz CT molecular complexity index is 446. The van der Waals surface area contributed by atoms with Crippen LogP contribution in [0.2, 0.25) is 10.0 Å². The molecule has 0 aromatic heterocycles. The molecule has 0 bridgehead atoms. The van der Waals surface area contributed by atoms with Gasteiger partial charge in [0.25, 0.3) is 0 Å². The van der Waals surface area contributed by atoms with E-state index in [1.165, 1.54) is 37.8 Å². The second-order valence-corrected chi connectivity index (χ2v) is 5.77. The maximum absolute atomic E-state index is 10.9. The summed E-state index contributed by atoms with van der Waals surface area (Å²) in [5.41, 5.74) is 0.765. The van der Waals surface area contributed by atoms with Crippen molar-refractivity contribution in [3.05, 3.63) is 27.7 Å². The third-order valence-electron chi connectivity index (χ3n) is 3.49. The summed E-state index contributed by atoms with van der Waals surface area (Å²) in [5.74, 6) is -1.02. The van der Waals surface area contributed by atoms with Gasteiger partial charge < -0.3 is 10.4 Å². The van der Waals surface area contributed by atoms with Crippen LogP contribution in [-0.2, 0) is 0 Å². The lowest BCUT2D eigenvalue weighted by atomic mass is 10.1. The summed E-state index contributed by atoms with van der Waals surface area (Å²) in [6, 6.07) is 3.25. The molecule has 0 atom stereocenters. The molecule has 2 N–H and O–H groups in total. The van der Waals surface area contributed by atoms with Crippen molar-refractivity contribution in [2.45, 2.75) is 44.6 Å². The van der Waals surface area contributed by atoms with Gasteiger partial charge in [0.1, 0.15) is 0 Å². The number of rotatable bonds is 3. The van der Waals surface area contributed by atoms with Crippen LogP contribution >= 0.6 is 23.2 Å². The largest absolute Gasteiger partial charge is 0.478 e. The van der Waals surface area contributed by atoms with E-state index in [2.05, 4.69) is 5.32 Å². The standard InChI is InChI=1S/C14H17Cl2NO2/c15-11-7-9(14(18)19)8-12(16)13(11)17-10-5-3-1-2-4-6-10/h7-8,10,17H,1-6H2,(H,18,19). The van der Waals surface area contributed by atoms with Gasteiger partial charge in [0, 0.05) is 6.04 Å². The Kier molecular flexibility index (Phi) is 4.94. The molecule has 1 aliphatic carbocycles. The summed E-state index contributed by atoms with van der Waals surface area (Å²) in [6.07, 6.45) is 7.18. The Labute approximate surface area is 122 Å². The Hall–Kier alpha value is -0.930. The third-order valence-corrected chi connectivity index (χ3v) is 4.09. The average molecular weight is 302 g/mol. The molecule has 0 unspecified atom stereocenters. The molecule has 1 saturated carbocycles. The Balaban J connectivity index is 2.17. The molecule has 1 aromatic rings. The van der Waals surface area contributed by atoms with Crippen molar-refractivity contribution >= 4 is 34.9 Å². The second kappa shape index (κ2) is 6.49. The number of hydrogen-bond acceptors (Lipinski definition) is 2. The lowest BCUT2D eigenvalue weighted by molar-refractivity contribution is 0.0697. The number of hydrogen-bond donors (Lipinski definition) is 2. The molecule has 1 aromatic carbocycles. The first-order chi connectivity index (χ1) is 9.08. The highest BCUT2D eigenvalue weighted by Gasteiger charge is 2.17. The minimum absolute atomic E-state index is 0.112. The molecule has 1 aliphatic rings. The summed E-state index contributed by atoms with van der Waals surface area (Å²) in [5, 5.41) is 13.1. The highest BCUT2D eigenvalue weighted by atomic mass is 35.5. The van der Waals surface area contributed by atoms with Crippen molar-refractivity contribution in [1.82, 2.24) is 0 Å². The minimum Gasteiger partial charge on any atom is -0.478 e. The molecule has 1 fully saturated rings.